The fraction of sp³-hybridized carbons (Fsp3) is 1.00. The summed E-state index contributed by atoms with van der Waals surface area (Å²) in [5, 5.41) is 0. The van der Waals surface area contributed by atoms with Crippen molar-refractivity contribution < 1.29 is 0 Å². The molecule has 0 aliphatic heterocycles. The van der Waals surface area contributed by atoms with Crippen LogP contribution in [-0.4, -0.2) is 4.83 Å². The first-order valence-corrected chi connectivity index (χ1v) is 11.8. The molecule has 0 radical (unpaired) electrons. The van der Waals surface area contributed by atoms with Gasteiger partial charge in [-0.05, 0) is 99.7 Å². The Morgan fingerprint density at radius 2 is 0.783 bits per heavy atom. The SMILES string of the molecule is BrC1CCC(C2CCC3CC(C4CCCCC4)CCC3C2)CC1. The van der Waals surface area contributed by atoms with Crippen molar-refractivity contribution in [3.05, 3.63) is 0 Å². The molecule has 4 rings (SSSR count). The van der Waals surface area contributed by atoms with E-state index in [4.69, 9.17) is 0 Å². The van der Waals surface area contributed by atoms with E-state index in [2.05, 4.69) is 15.9 Å². The topological polar surface area (TPSA) is 0 Å². The monoisotopic (exact) mass is 380 g/mol. The summed E-state index contributed by atoms with van der Waals surface area (Å²) in [6, 6.07) is 0. The van der Waals surface area contributed by atoms with Gasteiger partial charge in [0.1, 0.15) is 0 Å². The first-order chi connectivity index (χ1) is 11.3. The quantitative estimate of drug-likeness (QED) is 0.439. The fourth-order valence-electron chi connectivity index (χ4n) is 6.97. The van der Waals surface area contributed by atoms with Crippen molar-refractivity contribution in [2.45, 2.75) is 101 Å². The normalized spacial score (nSPS) is 46.3. The minimum atomic E-state index is 0.834. The van der Waals surface area contributed by atoms with E-state index in [1.165, 1.54) is 44.9 Å². The highest BCUT2D eigenvalue weighted by Gasteiger charge is 2.40. The van der Waals surface area contributed by atoms with Crippen LogP contribution >= 0.6 is 15.9 Å². The Morgan fingerprint density at radius 1 is 0.391 bits per heavy atom. The van der Waals surface area contributed by atoms with Crippen LogP contribution in [0.5, 0.6) is 0 Å². The molecule has 0 heterocycles. The van der Waals surface area contributed by atoms with Gasteiger partial charge >= 0.3 is 0 Å². The van der Waals surface area contributed by atoms with Crippen LogP contribution in [-0.2, 0) is 0 Å². The maximum Gasteiger partial charge on any atom is 0.0146 e. The molecule has 0 spiro atoms. The molecule has 132 valence electrons. The van der Waals surface area contributed by atoms with Gasteiger partial charge in [-0.2, -0.15) is 0 Å². The van der Waals surface area contributed by atoms with Gasteiger partial charge in [-0.15, -0.1) is 0 Å². The molecule has 0 amide bonds. The highest BCUT2D eigenvalue weighted by Crippen LogP contribution is 2.51. The van der Waals surface area contributed by atoms with E-state index in [0.717, 1.165) is 40.3 Å². The fourth-order valence-corrected chi connectivity index (χ4v) is 7.50. The summed E-state index contributed by atoms with van der Waals surface area (Å²) in [6.07, 6.45) is 23.2. The van der Waals surface area contributed by atoms with E-state index in [1.807, 2.05) is 0 Å². The van der Waals surface area contributed by atoms with Crippen molar-refractivity contribution in [2.75, 3.05) is 0 Å². The molecule has 0 aromatic heterocycles. The van der Waals surface area contributed by atoms with E-state index < -0.39 is 0 Å². The Bertz CT molecular complexity index is 364. The maximum atomic E-state index is 3.84. The van der Waals surface area contributed by atoms with Crippen LogP contribution in [0.15, 0.2) is 0 Å². The van der Waals surface area contributed by atoms with E-state index in [0.29, 0.717) is 0 Å². The molecule has 4 fully saturated rings. The Hall–Kier alpha value is 0.480. The summed E-state index contributed by atoms with van der Waals surface area (Å²) in [7, 11) is 0. The van der Waals surface area contributed by atoms with E-state index in [9.17, 15) is 0 Å². The summed E-state index contributed by atoms with van der Waals surface area (Å²) in [6.45, 7) is 0. The lowest BCUT2D eigenvalue weighted by Crippen LogP contribution is -2.36. The average Bonchev–Trinajstić information content (AvgIpc) is 2.62. The summed E-state index contributed by atoms with van der Waals surface area (Å²) in [5.41, 5.74) is 0. The zero-order valence-corrected chi connectivity index (χ0v) is 16.6. The lowest BCUT2D eigenvalue weighted by molar-refractivity contribution is 0.0444. The third kappa shape index (κ3) is 4.01. The zero-order chi connectivity index (χ0) is 15.6. The minimum absolute atomic E-state index is 0.834. The molecule has 4 unspecified atom stereocenters. The maximum absolute atomic E-state index is 3.84. The van der Waals surface area contributed by atoms with Crippen molar-refractivity contribution in [1.82, 2.24) is 0 Å². The molecular formula is C22H37Br. The summed E-state index contributed by atoms with van der Waals surface area (Å²) in [4.78, 5) is 0.834. The van der Waals surface area contributed by atoms with Gasteiger partial charge in [0.2, 0.25) is 0 Å². The predicted molar refractivity (Wildman–Crippen MR) is 103 cm³/mol. The van der Waals surface area contributed by atoms with Crippen molar-refractivity contribution >= 4 is 15.9 Å². The van der Waals surface area contributed by atoms with Crippen molar-refractivity contribution in [1.29, 1.82) is 0 Å². The largest absolute Gasteiger partial charge is 0.0891 e. The summed E-state index contributed by atoms with van der Waals surface area (Å²) in [5.74, 6) is 6.67. The third-order valence-corrected chi connectivity index (χ3v) is 9.29. The summed E-state index contributed by atoms with van der Waals surface area (Å²) < 4.78 is 0. The molecule has 0 aromatic carbocycles. The predicted octanol–water partition coefficient (Wildman–Crippen LogP) is 7.35. The minimum Gasteiger partial charge on any atom is -0.0891 e. The number of hydrogen-bond acceptors (Lipinski definition) is 0. The molecule has 4 aliphatic carbocycles. The number of fused-ring (bicyclic) bond motifs is 1. The van der Waals surface area contributed by atoms with E-state index >= 15 is 0 Å². The second kappa shape index (κ2) is 7.79. The number of rotatable bonds is 2. The van der Waals surface area contributed by atoms with Crippen LogP contribution in [0.3, 0.4) is 0 Å². The van der Waals surface area contributed by atoms with Crippen LogP contribution in [0, 0.1) is 35.5 Å². The Kier molecular flexibility index (Phi) is 5.73. The van der Waals surface area contributed by atoms with E-state index in [1.54, 1.807) is 51.4 Å². The lowest BCUT2D eigenvalue weighted by Gasteiger charge is -2.47. The Balaban J connectivity index is 1.29. The van der Waals surface area contributed by atoms with Gasteiger partial charge in [0.25, 0.3) is 0 Å². The Morgan fingerprint density at radius 3 is 1.30 bits per heavy atom. The molecule has 0 saturated heterocycles. The first-order valence-electron chi connectivity index (χ1n) is 10.9. The van der Waals surface area contributed by atoms with Crippen LogP contribution in [0.25, 0.3) is 0 Å². The molecule has 4 aliphatic rings. The van der Waals surface area contributed by atoms with Gasteiger partial charge in [0, 0.05) is 4.83 Å². The first kappa shape index (κ1) is 16.9. The van der Waals surface area contributed by atoms with Crippen molar-refractivity contribution in [3.8, 4) is 0 Å². The molecule has 1 heteroatoms. The van der Waals surface area contributed by atoms with Crippen molar-refractivity contribution in [2.24, 2.45) is 35.5 Å². The summed E-state index contributed by atoms with van der Waals surface area (Å²) >= 11 is 3.84. The van der Waals surface area contributed by atoms with Crippen LogP contribution in [0.2, 0.25) is 0 Å². The molecule has 0 aromatic rings. The van der Waals surface area contributed by atoms with E-state index in [-0.39, 0.29) is 0 Å². The van der Waals surface area contributed by atoms with Crippen LogP contribution < -0.4 is 0 Å². The van der Waals surface area contributed by atoms with Crippen LogP contribution in [0.1, 0.15) is 96.3 Å². The second-order valence-corrected chi connectivity index (χ2v) is 10.9. The lowest BCUT2D eigenvalue weighted by atomic mass is 9.59. The molecule has 4 atom stereocenters. The Labute approximate surface area is 152 Å². The molecule has 4 saturated carbocycles. The van der Waals surface area contributed by atoms with Crippen LogP contribution in [0.4, 0.5) is 0 Å². The third-order valence-electron chi connectivity index (χ3n) is 8.38. The van der Waals surface area contributed by atoms with Gasteiger partial charge in [-0.3, -0.25) is 0 Å². The molecule has 23 heavy (non-hydrogen) atoms. The molecule has 0 N–H and O–H groups in total. The van der Waals surface area contributed by atoms with Gasteiger partial charge in [0.15, 0.2) is 0 Å². The molecule has 0 nitrogen and oxygen atoms in total. The van der Waals surface area contributed by atoms with Crippen molar-refractivity contribution in [3.63, 3.8) is 0 Å². The number of hydrogen-bond donors (Lipinski definition) is 0. The molecular weight excluding hydrogens is 344 g/mol. The standard InChI is InChI=1S/C22H37Br/c23-22-12-10-17(11-13-22)19-7-9-20-14-18(6-8-21(20)15-19)16-4-2-1-3-5-16/h16-22H,1-15H2. The zero-order valence-electron chi connectivity index (χ0n) is 15.0. The van der Waals surface area contributed by atoms with Gasteiger partial charge in [-0.25, -0.2) is 0 Å². The number of halogens is 1. The van der Waals surface area contributed by atoms with Gasteiger partial charge in [0.05, 0.1) is 0 Å². The molecule has 0 bridgehead atoms. The highest BCUT2D eigenvalue weighted by molar-refractivity contribution is 9.09. The van der Waals surface area contributed by atoms with Gasteiger partial charge < -0.3 is 0 Å². The smallest absolute Gasteiger partial charge is 0.0146 e. The van der Waals surface area contributed by atoms with Gasteiger partial charge in [-0.1, -0.05) is 48.0 Å². The highest BCUT2D eigenvalue weighted by atomic mass is 79.9. The number of alkyl halides is 1. The average molecular weight is 381 g/mol. The second-order valence-electron chi connectivity index (χ2n) is 9.58.